The topological polar surface area (TPSA) is 92.5 Å². The molecule has 7 nitrogen and oxygen atoms in total. The molecule has 0 fully saturated rings. The van der Waals surface area contributed by atoms with E-state index in [2.05, 4.69) is 26.0 Å². The van der Waals surface area contributed by atoms with Gasteiger partial charge in [-0.15, -0.1) is 11.3 Å². The number of non-ortho nitro benzene ring substituents is 1. The molecule has 0 aliphatic carbocycles. The van der Waals surface area contributed by atoms with Crippen LogP contribution in [0.1, 0.15) is 29.1 Å². The van der Waals surface area contributed by atoms with E-state index in [1.165, 1.54) is 0 Å². The van der Waals surface area contributed by atoms with E-state index in [-0.39, 0.29) is 10.6 Å². The lowest BCUT2D eigenvalue weighted by molar-refractivity contribution is -0.384. The van der Waals surface area contributed by atoms with Crippen LogP contribution < -0.4 is 10.6 Å². The number of unbranched alkanes of at least 4 members (excludes halogenated alkanes) is 1. The van der Waals surface area contributed by atoms with Gasteiger partial charge in [-0.05, 0) is 31.7 Å². The van der Waals surface area contributed by atoms with Crippen molar-refractivity contribution in [1.29, 1.82) is 0 Å². The summed E-state index contributed by atoms with van der Waals surface area (Å²) >= 11 is 1.67. The Hall–Kier alpha value is -2.48. The van der Waals surface area contributed by atoms with Gasteiger partial charge in [0.1, 0.15) is 0 Å². The molecule has 0 saturated carbocycles. The Labute approximate surface area is 157 Å². The summed E-state index contributed by atoms with van der Waals surface area (Å²) in [5.41, 5.74) is 2.37. The van der Waals surface area contributed by atoms with Crippen molar-refractivity contribution in [3.05, 3.63) is 56.0 Å². The minimum Gasteiger partial charge on any atom is -0.356 e. The average molecular weight is 375 g/mol. The van der Waals surface area contributed by atoms with E-state index in [9.17, 15) is 10.1 Å². The third-order valence-corrected chi connectivity index (χ3v) is 4.72. The Morgan fingerprint density at radius 2 is 1.92 bits per heavy atom. The van der Waals surface area contributed by atoms with E-state index in [1.54, 1.807) is 30.5 Å². The maximum absolute atomic E-state index is 10.6. The number of hydrogen-bond donors (Lipinski definition) is 2. The SMILES string of the molecule is CN=C(NCCCCc1ccc([N+](=O)[O-])cc1)NCCc1csc(C)n1. The summed E-state index contributed by atoms with van der Waals surface area (Å²) in [6, 6.07) is 6.77. The molecule has 0 unspecified atom stereocenters. The number of aromatic nitrogens is 1. The number of nitro groups is 1. The summed E-state index contributed by atoms with van der Waals surface area (Å²) < 4.78 is 0. The molecule has 0 aliphatic rings. The van der Waals surface area contributed by atoms with Crippen LogP contribution in [0.2, 0.25) is 0 Å². The van der Waals surface area contributed by atoms with Gasteiger partial charge in [-0.25, -0.2) is 4.98 Å². The second-order valence-electron chi connectivity index (χ2n) is 5.91. The molecule has 2 aromatic rings. The molecule has 1 heterocycles. The maximum atomic E-state index is 10.6. The van der Waals surface area contributed by atoms with E-state index in [0.717, 1.165) is 61.0 Å². The highest BCUT2D eigenvalue weighted by Crippen LogP contribution is 2.13. The zero-order valence-corrected chi connectivity index (χ0v) is 16.0. The van der Waals surface area contributed by atoms with Gasteiger partial charge in [0, 0.05) is 44.1 Å². The molecule has 0 bridgehead atoms. The Morgan fingerprint density at radius 3 is 2.54 bits per heavy atom. The highest BCUT2D eigenvalue weighted by molar-refractivity contribution is 7.09. The van der Waals surface area contributed by atoms with Gasteiger partial charge in [0.2, 0.25) is 0 Å². The smallest absolute Gasteiger partial charge is 0.269 e. The molecule has 0 spiro atoms. The van der Waals surface area contributed by atoms with E-state index in [1.807, 2.05) is 19.1 Å². The number of nitro benzene ring substituents is 1. The monoisotopic (exact) mass is 375 g/mol. The van der Waals surface area contributed by atoms with Crippen LogP contribution in [-0.4, -0.2) is 36.0 Å². The lowest BCUT2D eigenvalue weighted by atomic mass is 10.1. The number of thiazole rings is 1. The number of benzene rings is 1. The number of nitrogens with zero attached hydrogens (tertiary/aromatic N) is 3. The normalized spacial score (nSPS) is 11.4. The molecule has 140 valence electrons. The number of rotatable bonds is 9. The van der Waals surface area contributed by atoms with Crippen molar-refractivity contribution in [2.45, 2.75) is 32.6 Å². The summed E-state index contributed by atoms with van der Waals surface area (Å²) in [6.45, 7) is 3.65. The Morgan fingerprint density at radius 1 is 1.19 bits per heavy atom. The second-order valence-corrected chi connectivity index (χ2v) is 6.98. The lowest BCUT2D eigenvalue weighted by Gasteiger charge is -2.11. The van der Waals surface area contributed by atoms with Crippen molar-refractivity contribution < 1.29 is 4.92 Å². The van der Waals surface area contributed by atoms with Crippen LogP contribution in [0, 0.1) is 17.0 Å². The molecular weight excluding hydrogens is 350 g/mol. The van der Waals surface area contributed by atoms with Crippen LogP contribution in [0.25, 0.3) is 0 Å². The van der Waals surface area contributed by atoms with Gasteiger partial charge in [-0.2, -0.15) is 0 Å². The summed E-state index contributed by atoms with van der Waals surface area (Å²) in [4.78, 5) is 18.9. The van der Waals surface area contributed by atoms with Crippen LogP contribution >= 0.6 is 11.3 Å². The molecule has 0 aliphatic heterocycles. The summed E-state index contributed by atoms with van der Waals surface area (Å²) in [7, 11) is 1.76. The average Bonchev–Trinajstić information content (AvgIpc) is 3.05. The van der Waals surface area contributed by atoms with Crippen LogP contribution in [0.15, 0.2) is 34.6 Å². The molecule has 2 N–H and O–H groups in total. The fourth-order valence-electron chi connectivity index (χ4n) is 2.50. The minimum absolute atomic E-state index is 0.137. The maximum Gasteiger partial charge on any atom is 0.269 e. The van der Waals surface area contributed by atoms with Crippen LogP contribution in [0.3, 0.4) is 0 Å². The van der Waals surface area contributed by atoms with Crippen LogP contribution in [0.5, 0.6) is 0 Å². The van der Waals surface area contributed by atoms with Crippen molar-refractivity contribution in [2.75, 3.05) is 20.1 Å². The predicted molar refractivity (Wildman–Crippen MR) is 106 cm³/mol. The largest absolute Gasteiger partial charge is 0.356 e. The molecule has 0 saturated heterocycles. The first-order chi connectivity index (χ1) is 12.6. The molecular formula is C18H25N5O2S. The molecule has 1 aromatic heterocycles. The molecule has 0 radical (unpaired) electrons. The number of aryl methyl sites for hydroxylation is 2. The van der Waals surface area contributed by atoms with E-state index < -0.39 is 0 Å². The van der Waals surface area contributed by atoms with Crippen LogP contribution in [-0.2, 0) is 12.8 Å². The number of nitrogens with one attached hydrogen (secondary N) is 2. The van der Waals surface area contributed by atoms with E-state index in [4.69, 9.17) is 0 Å². The molecule has 8 heteroatoms. The third-order valence-electron chi connectivity index (χ3n) is 3.90. The molecule has 0 atom stereocenters. The highest BCUT2D eigenvalue weighted by atomic mass is 32.1. The van der Waals surface area contributed by atoms with Crippen molar-refractivity contribution in [1.82, 2.24) is 15.6 Å². The molecule has 0 amide bonds. The van der Waals surface area contributed by atoms with Gasteiger partial charge < -0.3 is 10.6 Å². The predicted octanol–water partition coefficient (Wildman–Crippen LogP) is 3.09. The van der Waals surface area contributed by atoms with E-state index >= 15 is 0 Å². The van der Waals surface area contributed by atoms with Crippen molar-refractivity contribution >= 4 is 23.0 Å². The lowest BCUT2D eigenvalue weighted by Crippen LogP contribution is -2.38. The van der Waals surface area contributed by atoms with Gasteiger partial charge in [0.25, 0.3) is 5.69 Å². The fraction of sp³-hybridized carbons (Fsp3) is 0.444. The number of guanidine groups is 1. The van der Waals surface area contributed by atoms with Crippen LogP contribution in [0.4, 0.5) is 5.69 Å². The zero-order chi connectivity index (χ0) is 18.8. The first kappa shape index (κ1) is 19.8. The first-order valence-electron chi connectivity index (χ1n) is 8.67. The summed E-state index contributed by atoms with van der Waals surface area (Å²) in [5, 5.41) is 20.4. The molecule has 2 rings (SSSR count). The van der Waals surface area contributed by atoms with Crippen molar-refractivity contribution in [3.8, 4) is 0 Å². The van der Waals surface area contributed by atoms with Gasteiger partial charge in [-0.1, -0.05) is 12.1 Å². The van der Waals surface area contributed by atoms with Gasteiger partial charge in [0.15, 0.2) is 5.96 Å². The van der Waals surface area contributed by atoms with Crippen molar-refractivity contribution in [2.24, 2.45) is 4.99 Å². The summed E-state index contributed by atoms with van der Waals surface area (Å²) in [5.74, 6) is 0.798. The minimum atomic E-state index is -0.373. The number of aliphatic imine (C=N–C) groups is 1. The number of hydrogen-bond acceptors (Lipinski definition) is 5. The van der Waals surface area contributed by atoms with Crippen molar-refractivity contribution in [3.63, 3.8) is 0 Å². The first-order valence-corrected chi connectivity index (χ1v) is 9.55. The summed E-state index contributed by atoms with van der Waals surface area (Å²) in [6.07, 6.45) is 3.81. The van der Waals surface area contributed by atoms with Gasteiger partial charge in [-0.3, -0.25) is 15.1 Å². The second kappa shape index (κ2) is 10.5. The fourth-order valence-corrected chi connectivity index (χ4v) is 3.15. The van der Waals surface area contributed by atoms with E-state index in [0.29, 0.717) is 0 Å². The molecule has 1 aromatic carbocycles. The van der Waals surface area contributed by atoms with Gasteiger partial charge >= 0.3 is 0 Å². The molecule has 26 heavy (non-hydrogen) atoms. The Balaban J connectivity index is 1.59. The highest BCUT2D eigenvalue weighted by Gasteiger charge is 2.04. The third kappa shape index (κ3) is 6.79. The standard InChI is InChI=1S/C18H25N5O2S/c1-14-22-16(13-26-14)10-12-21-18(19-2)20-11-4-3-5-15-6-8-17(9-7-15)23(24)25/h6-9,13H,3-5,10-12H2,1-2H3,(H2,19,20,21). The zero-order valence-electron chi connectivity index (χ0n) is 15.2. The quantitative estimate of drug-likeness (QED) is 0.231. The Kier molecular flexibility index (Phi) is 8.01. The Bertz CT molecular complexity index is 727. The van der Waals surface area contributed by atoms with Gasteiger partial charge in [0.05, 0.1) is 15.6 Å².